The molecule has 5 heteroatoms. The number of anilines is 1. The normalized spacial score (nSPS) is 21.2. The monoisotopic (exact) mass is 222 g/mol. The lowest BCUT2D eigenvalue weighted by Crippen LogP contribution is -2.38. The third-order valence-corrected chi connectivity index (χ3v) is 3.12. The highest BCUT2D eigenvalue weighted by Crippen LogP contribution is 2.13. The van der Waals surface area contributed by atoms with E-state index in [2.05, 4.69) is 22.2 Å². The highest BCUT2D eigenvalue weighted by molar-refractivity contribution is 5.93. The van der Waals surface area contributed by atoms with Crippen molar-refractivity contribution < 1.29 is 4.79 Å². The maximum Gasteiger partial charge on any atom is 0.267 e. The zero-order valence-electron chi connectivity index (χ0n) is 9.49. The van der Waals surface area contributed by atoms with E-state index in [1.165, 1.54) is 6.42 Å². The van der Waals surface area contributed by atoms with E-state index in [0.29, 0.717) is 24.0 Å². The van der Waals surface area contributed by atoms with Crippen LogP contribution in [0, 0.1) is 0 Å². The van der Waals surface area contributed by atoms with Gasteiger partial charge in [0.15, 0.2) is 0 Å². The van der Waals surface area contributed by atoms with Gasteiger partial charge in [-0.25, -0.2) is 0 Å². The molecule has 0 aliphatic carbocycles. The van der Waals surface area contributed by atoms with Crippen molar-refractivity contribution in [3.05, 3.63) is 18.0 Å². The van der Waals surface area contributed by atoms with Gasteiger partial charge in [0.2, 0.25) is 0 Å². The topological polar surface area (TPSA) is 74.2 Å². The predicted molar refractivity (Wildman–Crippen MR) is 63.2 cm³/mol. The molecule has 4 N–H and O–H groups in total. The summed E-state index contributed by atoms with van der Waals surface area (Å²) in [6.07, 6.45) is 3.99. The fourth-order valence-corrected chi connectivity index (χ4v) is 2.09. The van der Waals surface area contributed by atoms with Crippen molar-refractivity contribution in [2.45, 2.75) is 18.9 Å². The van der Waals surface area contributed by atoms with Gasteiger partial charge in [0.1, 0.15) is 5.69 Å². The Bertz CT molecular complexity index is 374. The molecule has 0 saturated carbocycles. The van der Waals surface area contributed by atoms with Gasteiger partial charge in [-0.15, -0.1) is 0 Å². The fourth-order valence-electron chi connectivity index (χ4n) is 2.09. The van der Waals surface area contributed by atoms with Crippen molar-refractivity contribution in [2.75, 3.05) is 25.9 Å². The molecule has 0 bridgehead atoms. The van der Waals surface area contributed by atoms with Crippen LogP contribution in [0.1, 0.15) is 23.3 Å². The number of rotatable bonds is 3. The van der Waals surface area contributed by atoms with E-state index in [1.54, 1.807) is 12.3 Å². The van der Waals surface area contributed by atoms with Gasteiger partial charge in [-0.1, -0.05) is 0 Å². The molecule has 1 atom stereocenters. The van der Waals surface area contributed by atoms with Gasteiger partial charge in [-0.2, -0.15) is 0 Å². The number of carbonyl (C=O) groups is 1. The summed E-state index contributed by atoms with van der Waals surface area (Å²) in [6.45, 7) is 1.82. The third kappa shape index (κ3) is 2.36. The lowest BCUT2D eigenvalue weighted by Gasteiger charge is -2.19. The van der Waals surface area contributed by atoms with E-state index >= 15 is 0 Å². The molecule has 1 saturated heterocycles. The summed E-state index contributed by atoms with van der Waals surface area (Å²) in [5, 5.41) is 2.92. The molecule has 5 nitrogen and oxygen atoms in total. The Morgan fingerprint density at radius 3 is 3.12 bits per heavy atom. The number of carbonyl (C=O) groups excluding carboxylic acids is 1. The first-order valence-electron chi connectivity index (χ1n) is 5.59. The Kier molecular flexibility index (Phi) is 3.14. The van der Waals surface area contributed by atoms with Crippen LogP contribution in [-0.2, 0) is 0 Å². The van der Waals surface area contributed by atoms with E-state index in [1.807, 2.05) is 0 Å². The Labute approximate surface area is 95.0 Å². The molecule has 1 aliphatic heterocycles. The van der Waals surface area contributed by atoms with E-state index in [0.717, 1.165) is 13.0 Å². The predicted octanol–water partition coefficient (Wildman–Crippen LogP) is 0.421. The van der Waals surface area contributed by atoms with Crippen LogP contribution in [0.2, 0.25) is 0 Å². The van der Waals surface area contributed by atoms with E-state index < -0.39 is 0 Å². The zero-order chi connectivity index (χ0) is 11.5. The van der Waals surface area contributed by atoms with Gasteiger partial charge in [-0.05, 0) is 32.5 Å². The number of aromatic nitrogens is 1. The maximum absolute atomic E-state index is 11.7. The number of nitrogens with one attached hydrogen (secondary N) is 2. The summed E-state index contributed by atoms with van der Waals surface area (Å²) in [5.41, 5.74) is 6.65. The number of likely N-dealkylation sites (N-methyl/N-ethyl adjacent to an activating group) is 1. The van der Waals surface area contributed by atoms with E-state index in [4.69, 9.17) is 5.73 Å². The largest absolute Gasteiger partial charge is 0.397 e. The molecule has 0 aromatic carbocycles. The van der Waals surface area contributed by atoms with Gasteiger partial charge in [-0.3, -0.25) is 4.79 Å². The molecule has 0 spiro atoms. The SMILES string of the molecule is CN1CCCC1CNC(=O)c1cc(N)c[nH]1. The first kappa shape index (κ1) is 11.0. The van der Waals surface area contributed by atoms with E-state index in [-0.39, 0.29) is 5.91 Å². The molecule has 1 aromatic heterocycles. The molecule has 0 radical (unpaired) electrons. The number of nitrogens with two attached hydrogens (primary N) is 1. The van der Waals surface area contributed by atoms with Crippen LogP contribution in [0.3, 0.4) is 0 Å². The number of hydrogen-bond donors (Lipinski definition) is 3. The van der Waals surface area contributed by atoms with Crippen LogP contribution < -0.4 is 11.1 Å². The second-order valence-corrected chi connectivity index (χ2v) is 4.33. The quantitative estimate of drug-likeness (QED) is 0.694. The van der Waals surface area contributed by atoms with Crippen LogP contribution in [0.5, 0.6) is 0 Å². The number of nitrogens with zero attached hydrogens (tertiary/aromatic N) is 1. The van der Waals surface area contributed by atoms with Crippen LogP contribution in [0.25, 0.3) is 0 Å². The smallest absolute Gasteiger partial charge is 0.267 e. The Balaban J connectivity index is 1.84. The second kappa shape index (κ2) is 4.57. The van der Waals surface area contributed by atoms with Gasteiger partial charge in [0.05, 0.1) is 0 Å². The third-order valence-electron chi connectivity index (χ3n) is 3.12. The Morgan fingerprint density at radius 1 is 1.75 bits per heavy atom. The minimum Gasteiger partial charge on any atom is -0.397 e. The van der Waals surface area contributed by atoms with Gasteiger partial charge in [0, 0.05) is 24.5 Å². The first-order chi connectivity index (χ1) is 7.66. The summed E-state index contributed by atoms with van der Waals surface area (Å²) in [7, 11) is 2.09. The summed E-state index contributed by atoms with van der Waals surface area (Å²) < 4.78 is 0. The van der Waals surface area contributed by atoms with Crippen LogP contribution in [0.4, 0.5) is 5.69 Å². The van der Waals surface area contributed by atoms with Crippen LogP contribution in [0.15, 0.2) is 12.3 Å². The summed E-state index contributed by atoms with van der Waals surface area (Å²) in [6, 6.07) is 2.12. The molecule has 2 heterocycles. The standard InChI is InChI=1S/C11H18N4O/c1-15-4-2-3-9(15)7-14-11(16)10-5-8(12)6-13-10/h5-6,9,13H,2-4,7,12H2,1H3,(H,14,16). The molecule has 1 unspecified atom stereocenters. The Morgan fingerprint density at radius 2 is 2.56 bits per heavy atom. The average molecular weight is 222 g/mol. The zero-order valence-corrected chi connectivity index (χ0v) is 9.49. The molecule has 1 aromatic rings. The number of amides is 1. The Hall–Kier alpha value is -1.49. The number of nitrogen functional groups attached to an aromatic ring is 1. The number of likely N-dealkylation sites (tertiary alicyclic amines) is 1. The first-order valence-corrected chi connectivity index (χ1v) is 5.59. The van der Waals surface area contributed by atoms with Crippen molar-refractivity contribution in [3.63, 3.8) is 0 Å². The minimum atomic E-state index is -0.0861. The average Bonchev–Trinajstić information content (AvgIpc) is 2.84. The molecule has 2 rings (SSSR count). The van der Waals surface area contributed by atoms with Crippen molar-refractivity contribution in [2.24, 2.45) is 0 Å². The van der Waals surface area contributed by atoms with Gasteiger partial charge < -0.3 is 20.9 Å². The summed E-state index contributed by atoms with van der Waals surface area (Å²) in [5.74, 6) is -0.0861. The minimum absolute atomic E-state index is 0.0861. The highest BCUT2D eigenvalue weighted by Gasteiger charge is 2.21. The molecule has 1 aliphatic rings. The van der Waals surface area contributed by atoms with Crippen molar-refractivity contribution in [1.29, 1.82) is 0 Å². The lowest BCUT2D eigenvalue weighted by molar-refractivity contribution is 0.0939. The second-order valence-electron chi connectivity index (χ2n) is 4.33. The highest BCUT2D eigenvalue weighted by atomic mass is 16.1. The van der Waals surface area contributed by atoms with Crippen molar-refractivity contribution in [3.8, 4) is 0 Å². The molecule has 88 valence electrons. The summed E-state index contributed by atoms with van der Waals surface area (Å²) >= 11 is 0. The molecular formula is C11H18N4O. The number of aromatic amines is 1. The fraction of sp³-hybridized carbons (Fsp3) is 0.545. The van der Waals surface area contributed by atoms with Crippen molar-refractivity contribution >= 4 is 11.6 Å². The number of hydrogen-bond acceptors (Lipinski definition) is 3. The lowest BCUT2D eigenvalue weighted by atomic mass is 10.2. The van der Waals surface area contributed by atoms with Crippen molar-refractivity contribution in [1.82, 2.24) is 15.2 Å². The molecule has 1 amide bonds. The van der Waals surface area contributed by atoms with E-state index in [9.17, 15) is 4.79 Å². The summed E-state index contributed by atoms with van der Waals surface area (Å²) in [4.78, 5) is 16.8. The number of H-pyrrole nitrogens is 1. The van der Waals surface area contributed by atoms with Gasteiger partial charge >= 0.3 is 0 Å². The molecule has 16 heavy (non-hydrogen) atoms. The van der Waals surface area contributed by atoms with Gasteiger partial charge in [0.25, 0.3) is 5.91 Å². The maximum atomic E-state index is 11.7. The molecule has 1 fully saturated rings. The van der Waals surface area contributed by atoms with Crippen LogP contribution >= 0.6 is 0 Å². The molecular weight excluding hydrogens is 204 g/mol. The van der Waals surface area contributed by atoms with Crippen LogP contribution in [-0.4, -0.2) is 42.0 Å².